The summed E-state index contributed by atoms with van der Waals surface area (Å²) in [5.74, 6) is -0.548. The second kappa shape index (κ2) is 8.48. The Labute approximate surface area is 170 Å². The van der Waals surface area contributed by atoms with Crippen molar-refractivity contribution in [2.45, 2.75) is 6.61 Å². The Bertz CT molecular complexity index is 955. The molecule has 0 saturated carbocycles. The number of phenolic OH excluding ortho intramolecular Hbond substituents is 1. The van der Waals surface area contributed by atoms with E-state index >= 15 is 0 Å². The highest BCUT2D eigenvalue weighted by Crippen LogP contribution is 2.38. The minimum atomic E-state index is -0.649. The molecule has 1 aromatic heterocycles. The lowest BCUT2D eigenvalue weighted by molar-refractivity contribution is 0.102. The zero-order valence-electron chi connectivity index (χ0n) is 13.7. The number of ether oxygens (including phenoxy) is 1. The summed E-state index contributed by atoms with van der Waals surface area (Å²) in [6, 6.07) is 13.6. The maximum absolute atomic E-state index is 12.5. The highest BCUT2D eigenvalue weighted by molar-refractivity contribution is 6.46. The first-order chi connectivity index (χ1) is 13.0. The molecule has 0 aliphatic rings. The first-order valence-electron chi connectivity index (χ1n) is 7.76. The van der Waals surface area contributed by atoms with Crippen molar-refractivity contribution in [2.75, 3.05) is 5.32 Å². The molecule has 1 amide bonds. The van der Waals surface area contributed by atoms with Gasteiger partial charge in [0.2, 0.25) is 0 Å². The number of hydrogen-bond acceptors (Lipinski definition) is 4. The van der Waals surface area contributed by atoms with Gasteiger partial charge in [-0.2, -0.15) is 0 Å². The van der Waals surface area contributed by atoms with Gasteiger partial charge in [-0.05, 0) is 30.3 Å². The van der Waals surface area contributed by atoms with Crippen molar-refractivity contribution in [2.24, 2.45) is 0 Å². The maximum Gasteiger partial charge on any atom is 0.261 e. The Balaban J connectivity index is 1.76. The number of aromatic hydroxyl groups is 1. The summed E-state index contributed by atoms with van der Waals surface area (Å²) in [4.78, 5) is 16.7. The van der Waals surface area contributed by atoms with Gasteiger partial charge >= 0.3 is 0 Å². The van der Waals surface area contributed by atoms with Crippen molar-refractivity contribution < 1.29 is 14.6 Å². The highest BCUT2D eigenvalue weighted by atomic mass is 35.5. The number of carbonyl (C=O) groups is 1. The summed E-state index contributed by atoms with van der Waals surface area (Å²) >= 11 is 17.8. The molecule has 3 aromatic rings. The molecule has 5 nitrogen and oxygen atoms in total. The summed E-state index contributed by atoms with van der Waals surface area (Å²) in [7, 11) is 0. The van der Waals surface area contributed by atoms with E-state index in [1.54, 1.807) is 30.5 Å². The fraction of sp³-hybridized carbons (Fsp3) is 0.0526. The number of anilines is 1. The van der Waals surface area contributed by atoms with Crippen molar-refractivity contribution in [1.29, 1.82) is 0 Å². The van der Waals surface area contributed by atoms with Crippen molar-refractivity contribution in [1.82, 2.24) is 4.98 Å². The minimum Gasteiger partial charge on any atom is -0.505 e. The Morgan fingerprint density at radius 2 is 1.89 bits per heavy atom. The van der Waals surface area contributed by atoms with E-state index in [0.717, 1.165) is 5.69 Å². The van der Waals surface area contributed by atoms with Gasteiger partial charge in [0.15, 0.2) is 0 Å². The Morgan fingerprint density at radius 3 is 2.63 bits per heavy atom. The molecule has 0 fully saturated rings. The van der Waals surface area contributed by atoms with E-state index in [1.165, 1.54) is 6.07 Å². The second-order valence-corrected chi connectivity index (χ2v) is 6.66. The summed E-state index contributed by atoms with van der Waals surface area (Å²) in [5, 5.41) is 12.6. The fourth-order valence-electron chi connectivity index (χ4n) is 2.29. The van der Waals surface area contributed by atoms with E-state index in [0.29, 0.717) is 11.4 Å². The molecule has 0 saturated heterocycles. The van der Waals surface area contributed by atoms with Crippen LogP contribution < -0.4 is 10.1 Å². The molecule has 0 atom stereocenters. The lowest BCUT2D eigenvalue weighted by Crippen LogP contribution is -2.13. The number of carbonyl (C=O) groups excluding carboxylic acids is 1. The Morgan fingerprint density at radius 1 is 1.07 bits per heavy atom. The zero-order chi connectivity index (χ0) is 19.4. The number of aromatic nitrogens is 1. The van der Waals surface area contributed by atoms with E-state index in [-0.39, 0.29) is 27.2 Å². The average Bonchev–Trinajstić information content (AvgIpc) is 2.66. The van der Waals surface area contributed by atoms with E-state index < -0.39 is 11.7 Å². The number of amides is 1. The van der Waals surface area contributed by atoms with Gasteiger partial charge in [0, 0.05) is 18.0 Å². The lowest BCUT2D eigenvalue weighted by atomic mass is 10.1. The summed E-state index contributed by atoms with van der Waals surface area (Å²) in [6.07, 6.45) is 1.68. The van der Waals surface area contributed by atoms with Crippen LogP contribution in [0.4, 0.5) is 5.69 Å². The van der Waals surface area contributed by atoms with Crippen molar-refractivity contribution in [3.63, 3.8) is 0 Å². The number of nitrogens with one attached hydrogen (secondary N) is 1. The zero-order valence-corrected chi connectivity index (χ0v) is 16.0. The lowest BCUT2D eigenvalue weighted by Gasteiger charge is -2.12. The molecule has 2 N–H and O–H groups in total. The van der Waals surface area contributed by atoms with Gasteiger partial charge in [0.1, 0.15) is 23.7 Å². The standard InChI is InChI=1S/C19H13Cl3N2O3/c20-14-9-15(21)18(25)16(17(14)22)19(26)24-11-5-3-6-13(8-11)27-10-12-4-1-2-7-23-12/h1-9,25H,10H2,(H,24,26). The molecular formula is C19H13Cl3N2O3. The molecule has 3 rings (SSSR count). The predicted octanol–water partition coefficient (Wildman–Crippen LogP) is 5.58. The van der Waals surface area contributed by atoms with Crippen LogP contribution in [0, 0.1) is 0 Å². The van der Waals surface area contributed by atoms with Crippen LogP contribution in [0.5, 0.6) is 11.5 Å². The molecule has 138 valence electrons. The van der Waals surface area contributed by atoms with Crippen molar-refractivity contribution in [3.05, 3.63) is 81.1 Å². The molecule has 8 heteroatoms. The molecule has 0 radical (unpaired) electrons. The quantitative estimate of drug-likeness (QED) is 0.526. The molecule has 0 aliphatic heterocycles. The Kier molecular flexibility index (Phi) is 6.06. The van der Waals surface area contributed by atoms with Crippen molar-refractivity contribution in [3.8, 4) is 11.5 Å². The van der Waals surface area contributed by atoms with Gasteiger partial charge in [-0.1, -0.05) is 46.9 Å². The van der Waals surface area contributed by atoms with E-state index in [1.807, 2.05) is 18.2 Å². The van der Waals surface area contributed by atoms with Gasteiger partial charge in [0.05, 0.1) is 20.8 Å². The van der Waals surface area contributed by atoms with Crippen LogP contribution in [0.2, 0.25) is 15.1 Å². The third-order valence-corrected chi connectivity index (χ3v) is 4.65. The number of halogens is 3. The van der Waals surface area contributed by atoms with E-state index in [2.05, 4.69) is 10.3 Å². The Hall–Kier alpha value is -2.47. The average molecular weight is 424 g/mol. The van der Waals surface area contributed by atoms with Crippen molar-refractivity contribution >= 4 is 46.4 Å². The van der Waals surface area contributed by atoms with Crippen LogP contribution in [0.25, 0.3) is 0 Å². The molecule has 0 aliphatic carbocycles. The van der Waals surface area contributed by atoms with Crippen LogP contribution in [-0.2, 0) is 6.61 Å². The smallest absolute Gasteiger partial charge is 0.261 e. The van der Waals surface area contributed by atoms with Gasteiger partial charge in [-0.15, -0.1) is 0 Å². The molecule has 0 unspecified atom stereocenters. The van der Waals surface area contributed by atoms with Crippen LogP contribution in [0.15, 0.2) is 54.7 Å². The predicted molar refractivity (Wildman–Crippen MR) is 106 cm³/mol. The SMILES string of the molecule is O=C(Nc1cccc(OCc2ccccn2)c1)c1c(O)c(Cl)cc(Cl)c1Cl. The normalized spacial score (nSPS) is 10.5. The third-order valence-electron chi connectivity index (χ3n) is 3.58. The summed E-state index contributed by atoms with van der Waals surface area (Å²) in [6.45, 7) is 0.286. The number of pyridine rings is 1. The van der Waals surface area contributed by atoms with E-state index in [4.69, 9.17) is 39.5 Å². The van der Waals surface area contributed by atoms with Crippen LogP contribution in [0.3, 0.4) is 0 Å². The number of phenols is 1. The maximum atomic E-state index is 12.5. The first kappa shape index (κ1) is 19.3. The first-order valence-corrected chi connectivity index (χ1v) is 8.89. The molecule has 1 heterocycles. The number of benzene rings is 2. The van der Waals surface area contributed by atoms with Crippen LogP contribution in [0.1, 0.15) is 16.1 Å². The number of rotatable bonds is 5. The molecule has 27 heavy (non-hydrogen) atoms. The molecular weight excluding hydrogens is 411 g/mol. The largest absolute Gasteiger partial charge is 0.505 e. The van der Waals surface area contributed by atoms with Gasteiger partial charge in [-0.25, -0.2) is 0 Å². The summed E-state index contributed by atoms with van der Waals surface area (Å²) < 4.78 is 5.67. The highest BCUT2D eigenvalue weighted by Gasteiger charge is 2.21. The van der Waals surface area contributed by atoms with Gasteiger partial charge < -0.3 is 15.2 Å². The number of nitrogens with zero attached hydrogens (tertiary/aromatic N) is 1. The third kappa shape index (κ3) is 4.63. The van der Waals surface area contributed by atoms with Crippen LogP contribution in [-0.4, -0.2) is 16.0 Å². The molecule has 2 aromatic carbocycles. The monoisotopic (exact) mass is 422 g/mol. The molecule has 0 bridgehead atoms. The van der Waals surface area contributed by atoms with Crippen LogP contribution >= 0.6 is 34.8 Å². The minimum absolute atomic E-state index is 0.0667. The molecule has 0 spiro atoms. The fourth-order valence-corrected chi connectivity index (χ4v) is 2.98. The topological polar surface area (TPSA) is 71.5 Å². The summed E-state index contributed by atoms with van der Waals surface area (Å²) in [5.41, 5.74) is 1.02. The number of hydrogen-bond donors (Lipinski definition) is 2. The van der Waals surface area contributed by atoms with Gasteiger partial charge in [-0.3, -0.25) is 9.78 Å². The second-order valence-electron chi connectivity index (χ2n) is 5.47. The van der Waals surface area contributed by atoms with E-state index in [9.17, 15) is 9.90 Å². The van der Waals surface area contributed by atoms with Gasteiger partial charge in [0.25, 0.3) is 5.91 Å².